The van der Waals surface area contributed by atoms with Gasteiger partial charge < -0.3 is 9.84 Å². The molecule has 1 amide bonds. The zero-order valence-corrected chi connectivity index (χ0v) is 17.9. The molecule has 0 bridgehead atoms. The maximum absolute atomic E-state index is 13.3. The van der Waals surface area contributed by atoms with Crippen LogP contribution >= 0.6 is 0 Å². The molecule has 5 rings (SSSR count). The number of rotatable bonds is 3. The molecule has 0 saturated carbocycles. The Balaban J connectivity index is 1.70. The predicted molar refractivity (Wildman–Crippen MR) is 123 cm³/mol. The average Bonchev–Trinajstić information content (AvgIpc) is 3.30. The fraction of sp³-hybridized carbons (Fsp3) is 0.185. The maximum atomic E-state index is 13.3. The number of fused-ring (bicyclic) bond motifs is 1. The van der Waals surface area contributed by atoms with Crippen LogP contribution in [0.2, 0.25) is 0 Å². The Morgan fingerprint density at radius 1 is 1.00 bits per heavy atom. The normalized spacial score (nSPS) is 21.5. The van der Waals surface area contributed by atoms with E-state index in [1.54, 1.807) is 6.07 Å². The Bertz CT molecular complexity index is 1260. The van der Waals surface area contributed by atoms with Gasteiger partial charge >= 0.3 is 0 Å². The number of aliphatic hydroxyl groups excluding tert-OH is 1. The number of ketones is 1. The van der Waals surface area contributed by atoms with Gasteiger partial charge in [-0.3, -0.25) is 14.5 Å². The van der Waals surface area contributed by atoms with Gasteiger partial charge in [0.2, 0.25) is 0 Å². The number of anilines is 1. The molecule has 0 aliphatic carbocycles. The van der Waals surface area contributed by atoms with Crippen LogP contribution in [0, 0.1) is 6.92 Å². The van der Waals surface area contributed by atoms with E-state index >= 15 is 0 Å². The molecule has 0 aromatic heterocycles. The minimum atomic E-state index is -0.722. The van der Waals surface area contributed by atoms with E-state index in [2.05, 4.69) is 0 Å². The van der Waals surface area contributed by atoms with Gasteiger partial charge in [0.1, 0.15) is 17.6 Å². The van der Waals surface area contributed by atoms with E-state index in [4.69, 9.17) is 4.74 Å². The second-order valence-electron chi connectivity index (χ2n) is 8.32. The number of amides is 1. The van der Waals surface area contributed by atoms with Gasteiger partial charge in [0.15, 0.2) is 0 Å². The molecular formula is C27H23NO4. The first kappa shape index (κ1) is 20.1. The highest BCUT2D eigenvalue weighted by Crippen LogP contribution is 2.43. The van der Waals surface area contributed by atoms with E-state index in [1.807, 2.05) is 80.6 Å². The summed E-state index contributed by atoms with van der Waals surface area (Å²) in [5, 5.41) is 11.3. The van der Waals surface area contributed by atoms with Crippen LogP contribution in [0.3, 0.4) is 0 Å². The molecule has 32 heavy (non-hydrogen) atoms. The number of carbonyl (C=O) groups excluding carboxylic acids is 2. The van der Waals surface area contributed by atoms with Crippen molar-refractivity contribution < 1.29 is 19.4 Å². The van der Waals surface area contributed by atoms with Crippen LogP contribution < -0.4 is 9.64 Å². The zero-order valence-electron chi connectivity index (χ0n) is 17.9. The van der Waals surface area contributed by atoms with Crippen LogP contribution in [0.15, 0.2) is 78.4 Å². The summed E-state index contributed by atoms with van der Waals surface area (Å²) in [7, 11) is 0. The first-order chi connectivity index (χ1) is 15.5. The highest BCUT2D eigenvalue weighted by molar-refractivity contribution is 6.51. The van der Waals surface area contributed by atoms with E-state index in [0.29, 0.717) is 11.3 Å². The molecule has 160 valence electrons. The minimum Gasteiger partial charge on any atom is -0.507 e. The van der Waals surface area contributed by atoms with E-state index in [0.717, 1.165) is 28.9 Å². The lowest BCUT2D eigenvalue weighted by Crippen LogP contribution is -2.30. The molecule has 0 radical (unpaired) electrons. The number of hydrogen-bond acceptors (Lipinski definition) is 4. The lowest BCUT2D eigenvalue weighted by atomic mass is 9.94. The fourth-order valence-electron chi connectivity index (χ4n) is 4.59. The summed E-state index contributed by atoms with van der Waals surface area (Å²) < 4.78 is 5.76. The largest absolute Gasteiger partial charge is 0.507 e. The summed E-state index contributed by atoms with van der Waals surface area (Å²) in [6, 6.07) is 21.5. The van der Waals surface area contributed by atoms with Crippen molar-refractivity contribution >= 4 is 23.1 Å². The van der Waals surface area contributed by atoms with Crippen molar-refractivity contribution in [1.29, 1.82) is 0 Å². The van der Waals surface area contributed by atoms with Gasteiger partial charge in [0.25, 0.3) is 11.7 Å². The molecule has 3 aromatic carbocycles. The highest BCUT2D eigenvalue weighted by atomic mass is 16.5. The molecular weight excluding hydrogens is 402 g/mol. The molecule has 1 fully saturated rings. The molecule has 2 heterocycles. The van der Waals surface area contributed by atoms with Crippen molar-refractivity contribution in [2.24, 2.45) is 0 Å². The summed E-state index contributed by atoms with van der Waals surface area (Å²) >= 11 is 0. The molecule has 1 N–H and O–H groups in total. The van der Waals surface area contributed by atoms with Gasteiger partial charge in [-0.05, 0) is 54.8 Å². The molecule has 2 aliphatic heterocycles. The predicted octanol–water partition coefficient (Wildman–Crippen LogP) is 4.94. The first-order valence-corrected chi connectivity index (χ1v) is 10.7. The smallest absolute Gasteiger partial charge is 0.300 e. The Hall–Kier alpha value is -3.86. The van der Waals surface area contributed by atoms with Crippen molar-refractivity contribution in [3.63, 3.8) is 0 Å². The van der Waals surface area contributed by atoms with Crippen LogP contribution in [0.4, 0.5) is 5.69 Å². The van der Waals surface area contributed by atoms with Gasteiger partial charge in [0, 0.05) is 17.7 Å². The quantitative estimate of drug-likeness (QED) is 0.367. The first-order valence-electron chi connectivity index (χ1n) is 10.7. The third-order valence-corrected chi connectivity index (χ3v) is 6.10. The number of carbonyl (C=O) groups is 2. The van der Waals surface area contributed by atoms with Crippen LogP contribution in [-0.4, -0.2) is 22.9 Å². The number of aryl methyl sites for hydroxylation is 1. The Morgan fingerprint density at radius 3 is 2.47 bits per heavy atom. The van der Waals surface area contributed by atoms with Crippen LogP contribution in [-0.2, 0) is 16.0 Å². The minimum absolute atomic E-state index is 0.0679. The molecule has 2 aliphatic rings. The van der Waals surface area contributed by atoms with E-state index in [-0.39, 0.29) is 17.4 Å². The third-order valence-electron chi connectivity index (χ3n) is 6.10. The van der Waals surface area contributed by atoms with Crippen LogP contribution in [0.5, 0.6) is 5.75 Å². The van der Waals surface area contributed by atoms with Crippen molar-refractivity contribution in [3.8, 4) is 5.75 Å². The summed E-state index contributed by atoms with van der Waals surface area (Å²) in [6.45, 7) is 3.89. The topological polar surface area (TPSA) is 66.8 Å². The monoisotopic (exact) mass is 425 g/mol. The molecule has 2 atom stereocenters. The van der Waals surface area contributed by atoms with E-state index in [9.17, 15) is 14.7 Å². The lowest BCUT2D eigenvalue weighted by molar-refractivity contribution is -0.132. The molecule has 2 unspecified atom stereocenters. The second kappa shape index (κ2) is 7.68. The Kier molecular flexibility index (Phi) is 4.82. The summed E-state index contributed by atoms with van der Waals surface area (Å²) in [4.78, 5) is 28.0. The van der Waals surface area contributed by atoms with Gasteiger partial charge in [-0.25, -0.2) is 0 Å². The van der Waals surface area contributed by atoms with Crippen LogP contribution in [0.1, 0.15) is 35.2 Å². The zero-order chi connectivity index (χ0) is 22.4. The van der Waals surface area contributed by atoms with Crippen molar-refractivity contribution in [3.05, 3.63) is 101 Å². The number of hydrogen-bond donors (Lipinski definition) is 1. The highest BCUT2D eigenvalue weighted by Gasteiger charge is 2.47. The number of para-hydroxylation sites is 1. The van der Waals surface area contributed by atoms with Crippen molar-refractivity contribution in [2.75, 3.05) is 4.90 Å². The standard InChI is InChI=1S/C27H23NO4/c1-16-8-6-7-11-21(16)28-24(18-9-4-3-5-10-18)23(26(30)27(28)31)25(29)19-12-13-22-20(15-19)14-17(2)32-22/h3-13,15,17,24,29H,14H2,1-2H3/b25-23-. The van der Waals surface area contributed by atoms with Gasteiger partial charge in [-0.1, -0.05) is 48.5 Å². The second-order valence-corrected chi connectivity index (χ2v) is 8.32. The molecule has 5 heteroatoms. The third kappa shape index (κ3) is 3.17. The van der Waals surface area contributed by atoms with Gasteiger partial charge in [-0.15, -0.1) is 0 Å². The number of aliphatic hydroxyl groups is 1. The molecule has 1 saturated heterocycles. The average molecular weight is 425 g/mol. The summed E-state index contributed by atoms with van der Waals surface area (Å²) in [5.74, 6) is -0.720. The van der Waals surface area contributed by atoms with Crippen molar-refractivity contribution in [1.82, 2.24) is 0 Å². The SMILES string of the molecule is Cc1ccccc1N1C(=O)C(=O)/C(=C(\O)c2ccc3c(c2)CC(C)O3)C1c1ccccc1. The summed E-state index contributed by atoms with van der Waals surface area (Å²) in [6.07, 6.45) is 0.800. The molecule has 5 nitrogen and oxygen atoms in total. The lowest BCUT2D eigenvalue weighted by Gasteiger charge is -2.26. The fourth-order valence-corrected chi connectivity index (χ4v) is 4.59. The molecule has 0 spiro atoms. The van der Waals surface area contributed by atoms with Gasteiger partial charge in [0.05, 0.1) is 11.6 Å². The number of nitrogens with zero attached hydrogens (tertiary/aromatic N) is 1. The van der Waals surface area contributed by atoms with Crippen LogP contribution in [0.25, 0.3) is 5.76 Å². The Morgan fingerprint density at radius 2 is 1.72 bits per heavy atom. The Labute approximate surface area is 186 Å². The van der Waals surface area contributed by atoms with Crippen molar-refractivity contribution in [2.45, 2.75) is 32.4 Å². The van der Waals surface area contributed by atoms with E-state index in [1.165, 1.54) is 4.90 Å². The van der Waals surface area contributed by atoms with E-state index < -0.39 is 17.7 Å². The number of benzene rings is 3. The number of ether oxygens (including phenoxy) is 1. The number of Topliss-reactive ketones (excluding diaryl/α,β-unsaturated/α-hetero) is 1. The maximum Gasteiger partial charge on any atom is 0.300 e. The molecule has 3 aromatic rings. The summed E-state index contributed by atoms with van der Waals surface area (Å²) in [5.41, 5.74) is 3.86. The van der Waals surface area contributed by atoms with Gasteiger partial charge in [-0.2, -0.15) is 0 Å².